The summed E-state index contributed by atoms with van der Waals surface area (Å²) in [5.74, 6) is 0.940. The van der Waals surface area contributed by atoms with E-state index in [1.807, 2.05) is 20.8 Å². The lowest BCUT2D eigenvalue weighted by Gasteiger charge is -2.13. The number of hydrogen-bond donors (Lipinski definition) is 1. The van der Waals surface area contributed by atoms with E-state index in [9.17, 15) is 5.11 Å². The molecule has 3 heteroatoms. The van der Waals surface area contributed by atoms with Gasteiger partial charge >= 0.3 is 0 Å². The Hall–Kier alpha value is -1.64. The highest BCUT2D eigenvalue weighted by atomic mass is 16.5. The van der Waals surface area contributed by atoms with Crippen LogP contribution in [0.5, 0.6) is 11.5 Å². The normalized spacial score (nSPS) is 11.2. The number of furan rings is 1. The molecule has 0 unspecified atom stereocenters. The van der Waals surface area contributed by atoms with Crippen LogP contribution in [0, 0.1) is 6.92 Å². The number of phenols is 1. The molecular weight excluding hydrogens is 192 g/mol. The monoisotopic (exact) mass is 206 g/mol. The van der Waals surface area contributed by atoms with Gasteiger partial charge in [0.1, 0.15) is 5.75 Å². The van der Waals surface area contributed by atoms with Crippen LogP contribution in [-0.2, 0) is 0 Å². The molecule has 2 aromatic rings. The van der Waals surface area contributed by atoms with Gasteiger partial charge in [-0.1, -0.05) is 0 Å². The first-order valence-electron chi connectivity index (χ1n) is 4.96. The summed E-state index contributed by atoms with van der Waals surface area (Å²) in [4.78, 5) is 0. The fourth-order valence-electron chi connectivity index (χ4n) is 1.63. The highest BCUT2D eigenvalue weighted by Crippen LogP contribution is 2.36. The molecule has 0 aliphatic rings. The lowest BCUT2D eigenvalue weighted by molar-refractivity contribution is 0.243. The van der Waals surface area contributed by atoms with Gasteiger partial charge in [0.05, 0.1) is 17.8 Å². The Balaban J connectivity index is 2.65. The maximum absolute atomic E-state index is 9.65. The zero-order chi connectivity index (χ0) is 11.0. The second-order valence-corrected chi connectivity index (χ2v) is 3.87. The lowest BCUT2D eigenvalue weighted by Crippen LogP contribution is -2.06. The third-order valence-electron chi connectivity index (χ3n) is 2.21. The zero-order valence-corrected chi connectivity index (χ0v) is 9.07. The Bertz CT molecular complexity index is 483. The number of phenolic OH excluding ortho intramolecular Hbond substituents is 1. The molecule has 0 amide bonds. The minimum Gasteiger partial charge on any atom is -0.504 e. The van der Waals surface area contributed by atoms with Crippen LogP contribution >= 0.6 is 0 Å². The third kappa shape index (κ3) is 1.65. The van der Waals surface area contributed by atoms with Crippen LogP contribution in [0.4, 0.5) is 0 Å². The van der Waals surface area contributed by atoms with E-state index in [1.54, 1.807) is 18.4 Å². The predicted octanol–water partition coefficient (Wildman–Crippen LogP) is 3.23. The standard InChI is InChI=1S/C12H14O3/c1-7(2)15-11-8(3)6-10(13)12-9(11)4-5-14-12/h4-7,13H,1-3H3. The molecule has 1 heterocycles. The van der Waals surface area contributed by atoms with E-state index in [0.717, 1.165) is 16.7 Å². The number of hydrogen-bond acceptors (Lipinski definition) is 3. The number of ether oxygens (including phenoxy) is 1. The molecule has 0 saturated carbocycles. The van der Waals surface area contributed by atoms with Crippen molar-refractivity contribution in [3.8, 4) is 11.5 Å². The molecule has 15 heavy (non-hydrogen) atoms. The number of benzene rings is 1. The van der Waals surface area contributed by atoms with Crippen LogP contribution < -0.4 is 4.74 Å². The quantitative estimate of drug-likeness (QED) is 0.820. The van der Waals surface area contributed by atoms with Gasteiger partial charge < -0.3 is 14.3 Å². The molecule has 80 valence electrons. The van der Waals surface area contributed by atoms with E-state index in [-0.39, 0.29) is 11.9 Å². The SMILES string of the molecule is Cc1cc(O)c2occc2c1OC(C)C. The van der Waals surface area contributed by atoms with Gasteiger partial charge in [0.2, 0.25) is 0 Å². The van der Waals surface area contributed by atoms with Gasteiger partial charge in [-0.25, -0.2) is 0 Å². The summed E-state index contributed by atoms with van der Waals surface area (Å²) in [5, 5.41) is 10.5. The van der Waals surface area contributed by atoms with Gasteiger partial charge in [-0.05, 0) is 38.5 Å². The molecule has 0 radical (unpaired) electrons. The summed E-state index contributed by atoms with van der Waals surface area (Å²) in [6.45, 7) is 5.85. The van der Waals surface area contributed by atoms with Crippen molar-refractivity contribution in [3.05, 3.63) is 24.0 Å². The number of aromatic hydroxyl groups is 1. The Labute approximate surface area is 88.3 Å². The van der Waals surface area contributed by atoms with Crippen LogP contribution in [0.15, 0.2) is 22.8 Å². The summed E-state index contributed by atoms with van der Waals surface area (Å²) in [6, 6.07) is 3.46. The molecule has 1 aromatic heterocycles. The van der Waals surface area contributed by atoms with Gasteiger partial charge in [0.15, 0.2) is 11.3 Å². The van der Waals surface area contributed by atoms with Crippen molar-refractivity contribution >= 4 is 11.0 Å². The molecule has 0 bridgehead atoms. The minimum absolute atomic E-state index is 0.103. The van der Waals surface area contributed by atoms with Gasteiger partial charge in [-0.15, -0.1) is 0 Å². The van der Waals surface area contributed by atoms with Crippen molar-refractivity contribution in [2.45, 2.75) is 26.9 Å². The smallest absolute Gasteiger partial charge is 0.179 e. The Morgan fingerprint density at radius 2 is 2.13 bits per heavy atom. The summed E-state index contributed by atoms with van der Waals surface area (Å²) in [5.41, 5.74) is 1.39. The lowest BCUT2D eigenvalue weighted by atomic mass is 10.1. The van der Waals surface area contributed by atoms with Crippen LogP contribution in [0.25, 0.3) is 11.0 Å². The molecule has 0 fully saturated rings. The largest absolute Gasteiger partial charge is 0.504 e. The van der Waals surface area contributed by atoms with Crippen molar-refractivity contribution in [2.75, 3.05) is 0 Å². The van der Waals surface area contributed by atoms with Gasteiger partial charge in [-0.2, -0.15) is 0 Å². The van der Waals surface area contributed by atoms with E-state index < -0.39 is 0 Å². The zero-order valence-electron chi connectivity index (χ0n) is 9.07. The molecule has 0 aliphatic carbocycles. The average Bonchev–Trinajstić information content (AvgIpc) is 2.60. The van der Waals surface area contributed by atoms with E-state index in [4.69, 9.17) is 9.15 Å². The van der Waals surface area contributed by atoms with Crippen molar-refractivity contribution in [1.82, 2.24) is 0 Å². The fraction of sp³-hybridized carbons (Fsp3) is 0.333. The summed E-state index contributed by atoms with van der Waals surface area (Å²) in [6.07, 6.45) is 1.66. The number of rotatable bonds is 2. The van der Waals surface area contributed by atoms with Crippen molar-refractivity contribution in [2.24, 2.45) is 0 Å². The highest BCUT2D eigenvalue weighted by molar-refractivity contribution is 5.90. The molecule has 3 nitrogen and oxygen atoms in total. The molecular formula is C12H14O3. The average molecular weight is 206 g/mol. The van der Waals surface area contributed by atoms with Gasteiger partial charge in [0, 0.05) is 0 Å². The topological polar surface area (TPSA) is 42.6 Å². The van der Waals surface area contributed by atoms with E-state index in [2.05, 4.69) is 0 Å². The Morgan fingerprint density at radius 1 is 1.40 bits per heavy atom. The first kappa shape index (κ1) is 9.90. The first-order valence-corrected chi connectivity index (χ1v) is 4.96. The van der Waals surface area contributed by atoms with Crippen molar-refractivity contribution in [1.29, 1.82) is 0 Å². The predicted molar refractivity (Wildman–Crippen MR) is 58.4 cm³/mol. The Kier molecular flexibility index (Phi) is 2.31. The molecule has 0 spiro atoms. The molecule has 0 aliphatic heterocycles. The minimum atomic E-state index is 0.103. The van der Waals surface area contributed by atoms with Crippen LogP contribution in [0.3, 0.4) is 0 Å². The summed E-state index contributed by atoms with van der Waals surface area (Å²) < 4.78 is 10.9. The maximum Gasteiger partial charge on any atom is 0.179 e. The third-order valence-corrected chi connectivity index (χ3v) is 2.21. The summed E-state index contributed by atoms with van der Waals surface area (Å²) >= 11 is 0. The first-order chi connectivity index (χ1) is 7.09. The molecule has 1 N–H and O–H groups in total. The number of fused-ring (bicyclic) bond motifs is 1. The highest BCUT2D eigenvalue weighted by Gasteiger charge is 2.13. The van der Waals surface area contributed by atoms with Crippen LogP contribution in [0.1, 0.15) is 19.4 Å². The van der Waals surface area contributed by atoms with E-state index in [1.165, 1.54) is 0 Å². The second kappa shape index (κ2) is 3.50. The van der Waals surface area contributed by atoms with Crippen molar-refractivity contribution < 1.29 is 14.3 Å². The van der Waals surface area contributed by atoms with Crippen molar-refractivity contribution in [3.63, 3.8) is 0 Å². The number of aryl methyl sites for hydroxylation is 1. The summed E-state index contributed by atoms with van der Waals surface area (Å²) in [7, 11) is 0. The maximum atomic E-state index is 9.65. The van der Waals surface area contributed by atoms with Gasteiger partial charge in [0.25, 0.3) is 0 Å². The van der Waals surface area contributed by atoms with E-state index in [0.29, 0.717) is 5.58 Å². The second-order valence-electron chi connectivity index (χ2n) is 3.87. The Morgan fingerprint density at radius 3 is 2.80 bits per heavy atom. The molecule has 0 atom stereocenters. The molecule has 1 aromatic carbocycles. The fourth-order valence-corrected chi connectivity index (χ4v) is 1.63. The van der Waals surface area contributed by atoms with Crippen LogP contribution in [-0.4, -0.2) is 11.2 Å². The van der Waals surface area contributed by atoms with Gasteiger partial charge in [-0.3, -0.25) is 0 Å². The van der Waals surface area contributed by atoms with Crippen LogP contribution in [0.2, 0.25) is 0 Å². The molecule has 2 rings (SSSR count). The molecule has 0 saturated heterocycles. The van der Waals surface area contributed by atoms with E-state index >= 15 is 0 Å².